The van der Waals surface area contributed by atoms with Gasteiger partial charge in [-0.05, 0) is 57.6 Å². The number of likely N-dealkylation sites (tertiary alicyclic amines) is 1. The minimum Gasteiger partial charge on any atom is -1.00 e. The molecule has 10 nitrogen and oxygen atoms in total. The SMILES string of the molecule is CC(C)(C)OC(=O)N1CCC(c2nn(CC(=O)O)cc2-c2cnc(NC3Cc4ccccc4C3)nc2)CC1.[H-].[Li+]. The fourth-order valence-electron chi connectivity index (χ4n) is 5.23. The number of hydrogen-bond acceptors (Lipinski definition) is 7. The number of aromatic nitrogens is 4. The quantitative estimate of drug-likeness (QED) is 0.460. The van der Waals surface area contributed by atoms with Gasteiger partial charge in [-0.1, -0.05) is 24.3 Å². The number of anilines is 1. The Balaban J connectivity index is 0.00000220. The summed E-state index contributed by atoms with van der Waals surface area (Å²) in [7, 11) is 0. The van der Waals surface area contributed by atoms with Gasteiger partial charge in [0.2, 0.25) is 5.95 Å². The van der Waals surface area contributed by atoms with Crippen LogP contribution in [-0.2, 0) is 28.9 Å². The van der Waals surface area contributed by atoms with Crippen LogP contribution in [0.15, 0.2) is 42.9 Å². The molecule has 0 spiro atoms. The van der Waals surface area contributed by atoms with Crippen molar-refractivity contribution in [3.8, 4) is 11.1 Å². The number of carboxylic acids is 1. The van der Waals surface area contributed by atoms with Crippen molar-refractivity contribution in [1.82, 2.24) is 24.6 Å². The van der Waals surface area contributed by atoms with Crippen molar-refractivity contribution in [2.45, 2.75) is 70.6 Å². The number of carbonyl (C=O) groups excluding carboxylic acids is 1. The van der Waals surface area contributed by atoms with Crippen molar-refractivity contribution in [2.75, 3.05) is 18.4 Å². The molecule has 5 rings (SSSR count). The average molecular weight is 527 g/mol. The normalized spacial score (nSPS) is 15.9. The number of rotatable bonds is 6. The molecule has 3 heterocycles. The first kappa shape index (κ1) is 28.7. The van der Waals surface area contributed by atoms with Gasteiger partial charge in [0.25, 0.3) is 0 Å². The predicted octanol–water partition coefficient (Wildman–Crippen LogP) is 1.24. The van der Waals surface area contributed by atoms with Crippen molar-refractivity contribution in [3.63, 3.8) is 0 Å². The average Bonchev–Trinajstić information content (AvgIpc) is 3.47. The molecular weight excluding hydrogens is 491 g/mol. The zero-order valence-electron chi connectivity index (χ0n) is 24.1. The van der Waals surface area contributed by atoms with Crippen LogP contribution >= 0.6 is 0 Å². The summed E-state index contributed by atoms with van der Waals surface area (Å²) in [5, 5.41) is 17.4. The van der Waals surface area contributed by atoms with Gasteiger partial charge >= 0.3 is 30.9 Å². The maximum Gasteiger partial charge on any atom is 1.00 e. The van der Waals surface area contributed by atoms with Crippen LogP contribution in [-0.4, -0.2) is 66.5 Å². The number of nitrogens with one attached hydrogen (secondary N) is 1. The van der Waals surface area contributed by atoms with Gasteiger partial charge in [0, 0.05) is 54.8 Å². The molecule has 11 heteroatoms. The molecule has 1 aliphatic carbocycles. The fourth-order valence-corrected chi connectivity index (χ4v) is 5.23. The van der Waals surface area contributed by atoms with Crippen molar-refractivity contribution < 1.29 is 39.7 Å². The third-order valence-electron chi connectivity index (χ3n) is 6.97. The van der Waals surface area contributed by atoms with Crippen LogP contribution in [0.3, 0.4) is 0 Å². The Bertz CT molecular complexity index is 1290. The minimum atomic E-state index is -0.960. The van der Waals surface area contributed by atoms with Crippen LogP contribution in [0.5, 0.6) is 0 Å². The van der Waals surface area contributed by atoms with E-state index >= 15 is 0 Å². The third-order valence-corrected chi connectivity index (χ3v) is 6.97. The molecule has 0 unspecified atom stereocenters. The summed E-state index contributed by atoms with van der Waals surface area (Å²) in [6.45, 7) is 6.44. The van der Waals surface area contributed by atoms with E-state index in [9.17, 15) is 14.7 Å². The van der Waals surface area contributed by atoms with Crippen molar-refractivity contribution in [3.05, 3.63) is 59.7 Å². The molecule has 1 aromatic carbocycles. The monoisotopic (exact) mass is 526 g/mol. The molecule has 39 heavy (non-hydrogen) atoms. The zero-order valence-corrected chi connectivity index (χ0v) is 23.1. The Kier molecular flexibility index (Phi) is 8.67. The number of amides is 1. The first-order chi connectivity index (χ1) is 18.1. The molecule has 1 aliphatic heterocycles. The summed E-state index contributed by atoms with van der Waals surface area (Å²) in [5.41, 5.74) is 4.59. The molecule has 0 saturated carbocycles. The molecule has 2 N–H and O–H groups in total. The number of ether oxygens (including phenoxy) is 1. The molecule has 3 aromatic rings. The number of benzene rings is 1. The van der Waals surface area contributed by atoms with Crippen LogP contribution in [0, 0.1) is 0 Å². The van der Waals surface area contributed by atoms with E-state index in [1.807, 2.05) is 20.8 Å². The first-order valence-electron chi connectivity index (χ1n) is 13.1. The summed E-state index contributed by atoms with van der Waals surface area (Å²) in [6, 6.07) is 8.71. The second kappa shape index (κ2) is 11.8. The van der Waals surface area contributed by atoms with Crippen LogP contribution in [0.25, 0.3) is 11.1 Å². The Hall–Kier alpha value is -3.35. The van der Waals surface area contributed by atoms with E-state index in [1.165, 1.54) is 15.8 Å². The second-order valence-corrected chi connectivity index (χ2v) is 11.1. The zero-order chi connectivity index (χ0) is 26.9. The summed E-state index contributed by atoms with van der Waals surface area (Å²) in [6.07, 6.45) is 8.26. The molecule has 1 fully saturated rings. The van der Waals surface area contributed by atoms with E-state index in [4.69, 9.17) is 4.74 Å². The summed E-state index contributed by atoms with van der Waals surface area (Å²) in [4.78, 5) is 34.7. The molecule has 2 aromatic heterocycles. The largest absolute Gasteiger partial charge is 1.00 e. The first-order valence-corrected chi connectivity index (χ1v) is 13.1. The number of fused-ring (bicyclic) bond motifs is 1. The molecule has 0 atom stereocenters. The van der Waals surface area contributed by atoms with Crippen molar-refractivity contribution >= 4 is 18.0 Å². The van der Waals surface area contributed by atoms with Gasteiger partial charge in [-0.25, -0.2) is 14.8 Å². The maximum atomic E-state index is 12.5. The van der Waals surface area contributed by atoms with Crippen molar-refractivity contribution in [2.24, 2.45) is 0 Å². The number of nitrogens with zero attached hydrogens (tertiary/aromatic N) is 5. The van der Waals surface area contributed by atoms with E-state index in [-0.39, 0.29) is 44.9 Å². The Morgan fingerprint density at radius 3 is 2.28 bits per heavy atom. The molecule has 1 amide bonds. The van der Waals surface area contributed by atoms with Crippen molar-refractivity contribution in [1.29, 1.82) is 0 Å². The molecule has 2 aliphatic rings. The van der Waals surface area contributed by atoms with Gasteiger partial charge in [0.1, 0.15) is 12.1 Å². The Morgan fingerprint density at radius 2 is 1.72 bits per heavy atom. The maximum absolute atomic E-state index is 12.5. The van der Waals surface area contributed by atoms with Crippen LogP contribution < -0.4 is 24.2 Å². The van der Waals surface area contributed by atoms with Gasteiger partial charge in [-0.2, -0.15) is 5.10 Å². The number of carbonyl (C=O) groups is 2. The van der Waals surface area contributed by atoms with Gasteiger partial charge < -0.3 is 21.5 Å². The molecular formula is C28H35LiN6O4. The van der Waals surface area contributed by atoms with Gasteiger partial charge in [-0.3, -0.25) is 9.48 Å². The Labute approximate surface area is 241 Å². The molecule has 202 valence electrons. The van der Waals surface area contributed by atoms with E-state index in [0.29, 0.717) is 31.9 Å². The van der Waals surface area contributed by atoms with E-state index in [2.05, 4.69) is 44.6 Å². The summed E-state index contributed by atoms with van der Waals surface area (Å²) < 4.78 is 6.97. The van der Waals surface area contributed by atoms with Gasteiger partial charge in [0.05, 0.1) is 5.69 Å². The number of piperidine rings is 1. The minimum absolute atomic E-state index is 0. The number of aliphatic carboxylic acids is 1. The number of hydrogen-bond donors (Lipinski definition) is 2. The van der Waals surface area contributed by atoms with Crippen LogP contribution in [0.1, 0.15) is 57.8 Å². The van der Waals surface area contributed by atoms with E-state index in [0.717, 1.165) is 29.7 Å². The topological polar surface area (TPSA) is 122 Å². The second-order valence-electron chi connectivity index (χ2n) is 11.1. The van der Waals surface area contributed by atoms with Crippen LogP contribution in [0.2, 0.25) is 0 Å². The van der Waals surface area contributed by atoms with Gasteiger partial charge in [-0.15, -0.1) is 0 Å². The van der Waals surface area contributed by atoms with Gasteiger partial charge in [0.15, 0.2) is 0 Å². The Morgan fingerprint density at radius 1 is 1.10 bits per heavy atom. The van der Waals surface area contributed by atoms with Crippen LogP contribution in [0.4, 0.5) is 10.7 Å². The van der Waals surface area contributed by atoms with E-state index in [1.54, 1.807) is 23.5 Å². The van der Waals surface area contributed by atoms with E-state index < -0.39 is 11.6 Å². The molecule has 1 saturated heterocycles. The number of carboxylic acid groups (broad SMARTS) is 1. The smallest absolute Gasteiger partial charge is 1.00 e. The fraction of sp³-hybridized carbons (Fsp3) is 0.464. The summed E-state index contributed by atoms with van der Waals surface area (Å²) in [5.74, 6) is -0.316. The third kappa shape index (κ3) is 7.00. The standard InChI is InChI=1S/C28H34N6O4.Li.H/c1-28(2,3)38-27(37)33-10-8-18(9-11-33)25-23(16-34(32-25)17-24(35)36)21-14-29-26(30-15-21)31-22-12-19-6-4-5-7-20(19)13-22;;/h4-7,14-16,18,22H,8-13,17H2,1-3H3,(H,35,36)(H,29,30,31);;/q;+1;-1. The molecule has 0 bridgehead atoms. The predicted molar refractivity (Wildman–Crippen MR) is 143 cm³/mol. The molecule has 0 radical (unpaired) electrons. The summed E-state index contributed by atoms with van der Waals surface area (Å²) >= 11 is 0.